The van der Waals surface area contributed by atoms with Gasteiger partial charge in [0.2, 0.25) is 0 Å². The van der Waals surface area contributed by atoms with Gasteiger partial charge in [-0.1, -0.05) is 33.1 Å². The summed E-state index contributed by atoms with van der Waals surface area (Å²) in [7, 11) is 0. The molecule has 0 bridgehead atoms. The van der Waals surface area contributed by atoms with Gasteiger partial charge in [-0.15, -0.1) is 0 Å². The normalized spacial score (nSPS) is 16.5. The molecule has 1 aliphatic carbocycles. The summed E-state index contributed by atoms with van der Waals surface area (Å²) in [5.41, 5.74) is 0. The molecule has 0 aromatic carbocycles. The first kappa shape index (κ1) is 11.8. The van der Waals surface area contributed by atoms with Crippen molar-refractivity contribution in [1.82, 2.24) is 10.6 Å². The van der Waals surface area contributed by atoms with Crippen LogP contribution in [0.4, 0.5) is 0 Å². The highest BCUT2D eigenvalue weighted by atomic mass is 32.1. The third-order valence-electron chi connectivity index (χ3n) is 2.73. The van der Waals surface area contributed by atoms with Gasteiger partial charge < -0.3 is 10.6 Å². The van der Waals surface area contributed by atoms with E-state index in [1.165, 1.54) is 25.7 Å². The van der Waals surface area contributed by atoms with E-state index in [2.05, 4.69) is 24.5 Å². The van der Waals surface area contributed by atoms with Crippen molar-refractivity contribution in [1.29, 1.82) is 0 Å². The average Bonchev–Trinajstić information content (AvgIpc) is 2.06. The predicted molar refractivity (Wildman–Crippen MR) is 65.4 cm³/mol. The molecule has 0 atom stereocenters. The van der Waals surface area contributed by atoms with E-state index in [4.69, 9.17) is 12.2 Å². The molecule has 1 rings (SSSR count). The molecule has 0 radical (unpaired) electrons. The quantitative estimate of drug-likeness (QED) is 0.687. The van der Waals surface area contributed by atoms with Crippen LogP contribution in [-0.2, 0) is 0 Å². The summed E-state index contributed by atoms with van der Waals surface area (Å²) in [6, 6.07) is 0. The second-order valence-electron chi connectivity index (χ2n) is 4.62. The largest absolute Gasteiger partial charge is 0.363 e. The minimum absolute atomic E-state index is 0.654. The van der Waals surface area contributed by atoms with E-state index in [-0.39, 0.29) is 0 Å². The number of nitrogens with one attached hydrogen (secondary N) is 2. The zero-order valence-electron chi connectivity index (χ0n) is 9.31. The van der Waals surface area contributed by atoms with Crippen LogP contribution in [0.25, 0.3) is 0 Å². The summed E-state index contributed by atoms with van der Waals surface area (Å²) < 4.78 is 0. The Morgan fingerprint density at radius 2 is 2.07 bits per heavy atom. The Kier molecular flexibility index (Phi) is 5.23. The Morgan fingerprint density at radius 3 is 2.57 bits per heavy atom. The van der Waals surface area contributed by atoms with Crippen molar-refractivity contribution in [2.45, 2.75) is 39.5 Å². The molecule has 1 aliphatic rings. The number of thiocarbonyl (C=S) groups is 1. The molecule has 0 aromatic rings. The first-order valence-electron chi connectivity index (χ1n) is 5.70. The Bertz CT molecular complexity index is 176. The maximum atomic E-state index is 5.16. The smallest absolute Gasteiger partial charge is 0.166 e. The summed E-state index contributed by atoms with van der Waals surface area (Å²) in [5, 5.41) is 7.29. The topological polar surface area (TPSA) is 24.1 Å². The Hall–Kier alpha value is -0.310. The fourth-order valence-electron chi connectivity index (χ4n) is 1.53. The molecule has 14 heavy (non-hydrogen) atoms. The van der Waals surface area contributed by atoms with Gasteiger partial charge in [-0.2, -0.15) is 0 Å². The molecule has 0 aromatic heterocycles. The maximum Gasteiger partial charge on any atom is 0.166 e. The number of hydrogen-bond acceptors (Lipinski definition) is 1. The van der Waals surface area contributed by atoms with Crippen LogP contribution >= 0.6 is 12.2 Å². The van der Waals surface area contributed by atoms with Gasteiger partial charge in [0.1, 0.15) is 0 Å². The van der Waals surface area contributed by atoms with Crippen LogP contribution < -0.4 is 10.6 Å². The van der Waals surface area contributed by atoms with Crippen LogP contribution in [0, 0.1) is 11.8 Å². The lowest BCUT2D eigenvalue weighted by atomic mass is 9.83. The van der Waals surface area contributed by atoms with E-state index in [1.807, 2.05) is 0 Å². The fraction of sp³-hybridized carbons (Fsp3) is 0.909. The summed E-state index contributed by atoms with van der Waals surface area (Å²) in [5.74, 6) is 1.62. The highest BCUT2D eigenvalue weighted by Gasteiger charge is 2.16. The molecule has 2 N–H and O–H groups in total. The van der Waals surface area contributed by atoms with Crippen LogP contribution in [0.15, 0.2) is 0 Å². The molecule has 0 spiro atoms. The van der Waals surface area contributed by atoms with Crippen molar-refractivity contribution in [3.8, 4) is 0 Å². The molecule has 0 aliphatic heterocycles. The minimum Gasteiger partial charge on any atom is -0.363 e. The molecule has 1 saturated carbocycles. The lowest BCUT2D eigenvalue weighted by molar-refractivity contribution is 0.297. The van der Waals surface area contributed by atoms with Gasteiger partial charge >= 0.3 is 0 Å². The average molecular weight is 214 g/mol. The second-order valence-corrected chi connectivity index (χ2v) is 5.02. The van der Waals surface area contributed by atoms with Gasteiger partial charge in [-0.25, -0.2) is 0 Å². The van der Waals surface area contributed by atoms with Gasteiger partial charge in [0.05, 0.1) is 0 Å². The summed E-state index contributed by atoms with van der Waals surface area (Å²) in [4.78, 5) is 0. The number of hydrogen-bond donors (Lipinski definition) is 2. The molecule has 0 saturated heterocycles. The van der Waals surface area contributed by atoms with Crippen molar-refractivity contribution >= 4 is 17.3 Å². The Labute approximate surface area is 92.8 Å². The SMILES string of the molecule is CC(C)CNC(=S)NCCC1CCC1. The zero-order chi connectivity index (χ0) is 10.4. The van der Waals surface area contributed by atoms with Crippen molar-refractivity contribution in [2.24, 2.45) is 11.8 Å². The van der Waals surface area contributed by atoms with Crippen LogP contribution in [0.1, 0.15) is 39.5 Å². The lowest BCUT2D eigenvalue weighted by Gasteiger charge is -2.25. The van der Waals surface area contributed by atoms with E-state index in [9.17, 15) is 0 Å². The van der Waals surface area contributed by atoms with Gasteiger partial charge in [0.25, 0.3) is 0 Å². The summed E-state index contributed by atoms with van der Waals surface area (Å²) >= 11 is 5.16. The molecule has 3 heteroatoms. The van der Waals surface area contributed by atoms with E-state index >= 15 is 0 Å². The Morgan fingerprint density at radius 1 is 1.36 bits per heavy atom. The van der Waals surface area contributed by atoms with Crippen molar-refractivity contribution in [3.05, 3.63) is 0 Å². The standard InChI is InChI=1S/C11H22N2S/c1-9(2)8-13-11(14)12-7-6-10-4-3-5-10/h9-10H,3-8H2,1-2H3,(H2,12,13,14). The van der Waals surface area contributed by atoms with E-state index < -0.39 is 0 Å². The van der Waals surface area contributed by atoms with Crippen molar-refractivity contribution in [2.75, 3.05) is 13.1 Å². The van der Waals surface area contributed by atoms with E-state index in [1.54, 1.807) is 0 Å². The number of rotatable bonds is 5. The summed E-state index contributed by atoms with van der Waals surface area (Å²) in [6.45, 7) is 6.37. The van der Waals surface area contributed by atoms with Gasteiger partial charge in [-0.05, 0) is 30.5 Å². The third kappa shape index (κ3) is 4.80. The molecular weight excluding hydrogens is 192 g/mol. The highest BCUT2D eigenvalue weighted by molar-refractivity contribution is 7.80. The van der Waals surface area contributed by atoms with Gasteiger partial charge in [0.15, 0.2) is 5.11 Å². The van der Waals surface area contributed by atoms with Crippen LogP contribution in [0.5, 0.6) is 0 Å². The van der Waals surface area contributed by atoms with Crippen LogP contribution in [0.2, 0.25) is 0 Å². The van der Waals surface area contributed by atoms with Crippen molar-refractivity contribution < 1.29 is 0 Å². The monoisotopic (exact) mass is 214 g/mol. The zero-order valence-corrected chi connectivity index (χ0v) is 10.1. The molecular formula is C11H22N2S. The van der Waals surface area contributed by atoms with Gasteiger partial charge in [0, 0.05) is 13.1 Å². The van der Waals surface area contributed by atoms with Crippen LogP contribution in [0.3, 0.4) is 0 Å². The fourth-order valence-corrected chi connectivity index (χ4v) is 1.72. The second kappa shape index (κ2) is 6.23. The van der Waals surface area contributed by atoms with Crippen LogP contribution in [-0.4, -0.2) is 18.2 Å². The first-order chi connectivity index (χ1) is 6.68. The predicted octanol–water partition coefficient (Wildman–Crippen LogP) is 2.30. The molecule has 82 valence electrons. The minimum atomic E-state index is 0.654. The van der Waals surface area contributed by atoms with Crippen molar-refractivity contribution in [3.63, 3.8) is 0 Å². The maximum absolute atomic E-state index is 5.16. The Balaban J connectivity index is 1.91. The molecule has 0 unspecified atom stereocenters. The summed E-state index contributed by atoms with van der Waals surface area (Å²) in [6.07, 6.45) is 5.56. The first-order valence-corrected chi connectivity index (χ1v) is 6.11. The lowest BCUT2D eigenvalue weighted by Crippen LogP contribution is -2.38. The third-order valence-corrected chi connectivity index (χ3v) is 3.02. The van der Waals surface area contributed by atoms with Gasteiger partial charge in [-0.3, -0.25) is 0 Å². The van der Waals surface area contributed by atoms with E-state index in [0.717, 1.165) is 24.1 Å². The molecule has 0 heterocycles. The van der Waals surface area contributed by atoms with E-state index in [0.29, 0.717) is 5.92 Å². The molecule has 2 nitrogen and oxygen atoms in total. The highest BCUT2D eigenvalue weighted by Crippen LogP contribution is 2.28. The molecule has 0 amide bonds. The molecule has 1 fully saturated rings.